The second-order valence-electron chi connectivity index (χ2n) is 6.18. The van der Waals surface area contributed by atoms with Crippen molar-refractivity contribution >= 4 is 5.97 Å². The molecule has 3 heteroatoms. The molecule has 0 bridgehead atoms. The summed E-state index contributed by atoms with van der Waals surface area (Å²) in [6.45, 7) is 4.12. The quantitative estimate of drug-likeness (QED) is 0.780. The minimum Gasteiger partial charge on any atom is -0.481 e. The Morgan fingerprint density at radius 1 is 1.24 bits per heavy atom. The molecular formula is C14H24O3. The molecular weight excluding hydrogens is 216 g/mol. The van der Waals surface area contributed by atoms with Gasteiger partial charge in [0.15, 0.2) is 0 Å². The van der Waals surface area contributed by atoms with Crippen LogP contribution in [0.3, 0.4) is 0 Å². The van der Waals surface area contributed by atoms with Crippen LogP contribution in [-0.4, -0.2) is 21.8 Å². The minimum absolute atomic E-state index is 0.197. The van der Waals surface area contributed by atoms with E-state index in [0.29, 0.717) is 12.8 Å². The fourth-order valence-corrected chi connectivity index (χ4v) is 4.07. The van der Waals surface area contributed by atoms with Gasteiger partial charge in [-0.25, -0.2) is 0 Å². The van der Waals surface area contributed by atoms with Crippen molar-refractivity contribution in [1.82, 2.24) is 0 Å². The second-order valence-corrected chi connectivity index (χ2v) is 6.18. The highest BCUT2D eigenvalue weighted by molar-refractivity contribution is 5.70. The molecule has 0 spiro atoms. The number of aliphatic carboxylic acids is 1. The number of hydrogen-bond donors (Lipinski definition) is 2. The van der Waals surface area contributed by atoms with Gasteiger partial charge in [0.25, 0.3) is 0 Å². The molecule has 2 fully saturated rings. The van der Waals surface area contributed by atoms with Crippen LogP contribution < -0.4 is 0 Å². The summed E-state index contributed by atoms with van der Waals surface area (Å²) in [7, 11) is 0. The van der Waals surface area contributed by atoms with E-state index in [-0.39, 0.29) is 23.7 Å². The van der Waals surface area contributed by atoms with Gasteiger partial charge in [0.05, 0.1) is 11.5 Å². The molecule has 0 heterocycles. The Kier molecular flexibility index (Phi) is 3.48. The molecule has 0 aliphatic heterocycles. The van der Waals surface area contributed by atoms with E-state index in [4.69, 9.17) is 0 Å². The van der Waals surface area contributed by atoms with Gasteiger partial charge in [0.2, 0.25) is 0 Å². The molecule has 0 aromatic rings. The van der Waals surface area contributed by atoms with E-state index < -0.39 is 11.6 Å². The maximum Gasteiger partial charge on any atom is 0.306 e. The normalized spacial score (nSPS) is 42.2. The summed E-state index contributed by atoms with van der Waals surface area (Å²) in [6, 6.07) is 0. The first-order chi connectivity index (χ1) is 7.97. The number of carbonyl (C=O) groups is 1. The van der Waals surface area contributed by atoms with Crippen molar-refractivity contribution in [1.29, 1.82) is 0 Å². The van der Waals surface area contributed by atoms with Gasteiger partial charge >= 0.3 is 5.97 Å². The molecule has 0 radical (unpaired) electrons. The smallest absolute Gasteiger partial charge is 0.306 e. The van der Waals surface area contributed by atoms with Crippen LogP contribution in [0.2, 0.25) is 0 Å². The summed E-state index contributed by atoms with van der Waals surface area (Å²) in [6.07, 6.45) is 5.55. The third kappa shape index (κ3) is 2.10. The molecule has 0 aromatic carbocycles. The van der Waals surface area contributed by atoms with E-state index >= 15 is 0 Å². The van der Waals surface area contributed by atoms with Gasteiger partial charge in [-0.2, -0.15) is 0 Å². The maximum atomic E-state index is 11.3. The number of aliphatic hydroxyl groups is 1. The Morgan fingerprint density at radius 2 is 1.88 bits per heavy atom. The summed E-state index contributed by atoms with van der Waals surface area (Å²) < 4.78 is 0. The van der Waals surface area contributed by atoms with Crippen LogP contribution in [0.1, 0.15) is 52.4 Å². The van der Waals surface area contributed by atoms with Gasteiger partial charge in [-0.05, 0) is 43.4 Å². The van der Waals surface area contributed by atoms with Crippen LogP contribution in [0.25, 0.3) is 0 Å². The second kappa shape index (κ2) is 4.60. The van der Waals surface area contributed by atoms with Crippen LogP contribution in [0.5, 0.6) is 0 Å². The molecule has 2 aliphatic carbocycles. The zero-order valence-electron chi connectivity index (χ0n) is 10.9. The molecule has 2 saturated carbocycles. The van der Waals surface area contributed by atoms with Crippen molar-refractivity contribution in [2.24, 2.45) is 23.7 Å². The lowest BCUT2D eigenvalue weighted by molar-refractivity contribution is -0.164. The van der Waals surface area contributed by atoms with Crippen molar-refractivity contribution < 1.29 is 15.0 Å². The third-order valence-corrected chi connectivity index (χ3v) is 5.15. The monoisotopic (exact) mass is 240 g/mol. The van der Waals surface area contributed by atoms with Gasteiger partial charge in [-0.15, -0.1) is 0 Å². The van der Waals surface area contributed by atoms with Gasteiger partial charge < -0.3 is 10.2 Å². The van der Waals surface area contributed by atoms with E-state index in [1.54, 1.807) is 0 Å². The summed E-state index contributed by atoms with van der Waals surface area (Å²) in [5.74, 6) is -0.261. The number of carboxylic acid groups (broad SMARTS) is 1. The summed E-state index contributed by atoms with van der Waals surface area (Å²) in [5.41, 5.74) is -0.628. The van der Waals surface area contributed by atoms with Gasteiger partial charge in [0.1, 0.15) is 0 Å². The Hall–Kier alpha value is -0.570. The number of hydrogen-bond acceptors (Lipinski definition) is 2. The van der Waals surface area contributed by atoms with E-state index in [2.05, 4.69) is 13.8 Å². The Labute approximate surface area is 103 Å². The molecule has 0 amide bonds. The van der Waals surface area contributed by atoms with Gasteiger partial charge in [0, 0.05) is 0 Å². The third-order valence-electron chi connectivity index (χ3n) is 5.15. The lowest BCUT2D eigenvalue weighted by atomic mass is 9.56. The van der Waals surface area contributed by atoms with Crippen LogP contribution in [0.15, 0.2) is 0 Å². The topological polar surface area (TPSA) is 57.5 Å². The Balaban J connectivity index is 2.25. The first-order valence-electron chi connectivity index (χ1n) is 6.92. The van der Waals surface area contributed by atoms with Crippen molar-refractivity contribution in [2.45, 2.75) is 58.0 Å². The lowest BCUT2D eigenvalue weighted by Gasteiger charge is -2.51. The van der Waals surface area contributed by atoms with Crippen LogP contribution >= 0.6 is 0 Å². The molecule has 4 atom stereocenters. The molecule has 0 aromatic heterocycles. The predicted molar refractivity (Wildman–Crippen MR) is 65.6 cm³/mol. The largest absolute Gasteiger partial charge is 0.481 e. The molecule has 2 N–H and O–H groups in total. The Bertz CT molecular complexity index is 300. The summed E-state index contributed by atoms with van der Waals surface area (Å²) >= 11 is 0. The molecule has 2 unspecified atom stereocenters. The van der Waals surface area contributed by atoms with E-state index in [1.165, 1.54) is 0 Å². The minimum atomic E-state index is -0.660. The number of fused-ring (bicyclic) bond motifs is 1. The average molecular weight is 240 g/mol. The summed E-state index contributed by atoms with van der Waals surface area (Å²) in [4.78, 5) is 11.3. The van der Waals surface area contributed by atoms with E-state index in [0.717, 1.165) is 25.7 Å². The standard InChI is InChI=1S/C14H24O3/c1-9(2)14(17)8-7-11(13(15)16)10-5-3-4-6-12(10)14/h9-12,17H,3-8H2,1-2H3,(H,15,16)/t10-,11?,12+,14?/m1/s1. The molecule has 0 saturated heterocycles. The molecule has 17 heavy (non-hydrogen) atoms. The average Bonchev–Trinajstić information content (AvgIpc) is 2.29. The summed E-state index contributed by atoms with van der Waals surface area (Å²) in [5, 5.41) is 20.2. The SMILES string of the molecule is CC(C)C1(O)CCC(C(=O)O)[C@H]2CCCC[C@@H]21. The highest BCUT2D eigenvalue weighted by Gasteiger charge is 2.51. The predicted octanol–water partition coefficient (Wildman–Crippen LogP) is 2.67. The Morgan fingerprint density at radius 3 is 2.47 bits per heavy atom. The molecule has 3 nitrogen and oxygen atoms in total. The van der Waals surface area contributed by atoms with E-state index in [1.807, 2.05) is 0 Å². The zero-order chi connectivity index (χ0) is 12.6. The number of carboxylic acids is 1. The first-order valence-corrected chi connectivity index (χ1v) is 6.92. The molecule has 2 rings (SSSR count). The van der Waals surface area contributed by atoms with Gasteiger partial charge in [-0.1, -0.05) is 26.7 Å². The maximum absolute atomic E-state index is 11.3. The fraction of sp³-hybridized carbons (Fsp3) is 0.929. The molecule has 98 valence electrons. The number of rotatable bonds is 2. The fourth-order valence-electron chi connectivity index (χ4n) is 4.07. The van der Waals surface area contributed by atoms with Crippen molar-refractivity contribution in [3.63, 3.8) is 0 Å². The van der Waals surface area contributed by atoms with E-state index in [9.17, 15) is 15.0 Å². The molecule has 2 aliphatic rings. The lowest BCUT2D eigenvalue weighted by Crippen LogP contribution is -2.54. The van der Waals surface area contributed by atoms with Crippen LogP contribution in [0.4, 0.5) is 0 Å². The van der Waals surface area contributed by atoms with Crippen molar-refractivity contribution in [3.05, 3.63) is 0 Å². The van der Waals surface area contributed by atoms with Crippen LogP contribution in [0, 0.1) is 23.7 Å². The first kappa shape index (κ1) is 12.9. The van der Waals surface area contributed by atoms with Gasteiger partial charge in [-0.3, -0.25) is 4.79 Å². The van der Waals surface area contributed by atoms with Crippen LogP contribution in [-0.2, 0) is 4.79 Å². The highest BCUT2D eigenvalue weighted by atomic mass is 16.4. The van der Waals surface area contributed by atoms with Crippen molar-refractivity contribution in [3.8, 4) is 0 Å². The highest BCUT2D eigenvalue weighted by Crippen LogP contribution is 2.51. The van der Waals surface area contributed by atoms with Crippen molar-refractivity contribution in [2.75, 3.05) is 0 Å². The zero-order valence-corrected chi connectivity index (χ0v) is 10.9.